The molecule has 7 nitrogen and oxygen atoms in total. The van der Waals surface area contributed by atoms with E-state index >= 15 is 0 Å². The zero-order valence-corrected chi connectivity index (χ0v) is 19.3. The zero-order chi connectivity index (χ0) is 24.2. The molecule has 1 amide bonds. The predicted octanol–water partition coefficient (Wildman–Crippen LogP) is 4.81. The van der Waals surface area contributed by atoms with Crippen molar-refractivity contribution in [3.05, 3.63) is 89.3 Å². The average Bonchev–Trinajstić information content (AvgIpc) is 3.11. The quantitative estimate of drug-likeness (QED) is 0.310. The van der Waals surface area contributed by atoms with Gasteiger partial charge in [0.2, 0.25) is 0 Å². The monoisotopic (exact) mass is 458 g/mol. The Bertz CT molecular complexity index is 1250. The number of hydrogen-bond acceptors (Lipinski definition) is 6. The summed E-state index contributed by atoms with van der Waals surface area (Å²) in [4.78, 5) is 32.3. The van der Waals surface area contributed by atoms with Crippen molar-refractivity contribution in [2.75, 3.05) is 18.1 Å². The molecule has 1 saturated heterocycles. The van der Waals surface area contributed by atoms with Crippen LogP contribution in [-0.2, 0) is 9.59 Å². The van der Waals surface area contributed by atoms with Gasteiger partial charge in [-0.15, -0.1) is 0 Å². The fourth-order valence-corrected chi connectivity index (χ4v) is 4.08. The van der Waals surface area contributed by atoms with Gasteiger partial charge in [-0.25, -0.2) is 0 Å². The Morgan fingerprint density at radius 2 is 1.79 bits per heavy atom. The first-order chi connectivity index (χ1) is 16.5. The number of aliphatic hydroxyl groups is 1. The molecule has 1 aromatic heterocycles. The maximum absolute atomic E-state index is 13.3. The van der Waals surface area contributed by atoms with Crippen molar-refractivity contribution in [1.82, 2.24) is 4.98 Å². The van der Waals surface area contributed by atoms with Crippen LogP contribution in [0.2, 0.25) is 0 Å². The van der Waals surface area contributed by atoms with E-state index in [2.05, 4.69) is 4.98 Å². The van der Waals surface area contributed by atoms with E-state index in [-0.39, 0.29) is 11.3 Å². The van der Waals surface area contributed by atoms with Crippen molar-refractivity contribution in [2.45, 2.75) is 26.8 Å². The average molecular weight is 459 g/mol. The second-order valence-corrected chi connectivity index (χ2v) is 7.77. The Kier molecular flexibility index (Phi) is 6.63. The number of ketones is 1. The molecule has 2 heterocycles. The molecule has 1 aliphatic heterocycles. The highest BCUT2D eigenvalue weighted by atomic mass is 16.5. The Labute approximate surface area is 198 Å². The summed E-state index contributed by atoms with van der Waals surface area (Å²) in [5.74, 6) is -0.518. The lowest BCUT2D eigenvalue weighted by molar-refractivity contribution is -0.132. The first kappa shape index (κ1) is 23.0. The van der Waals surface area contributed by atoms with Crippen LogP contribution in [0.1, 0.15) is 36.7 Å². The van der Waals surface area contributed by atoms with Gasteiger partial charge in [-0.2, -0.15) is 0 Å². The van der Waals surface area contributed by atoms with E-state index in [0.29, 0.717) is 41.7 Å². The third kappa shape index (κ3) is 4.24. The molecule has 34 heavy (non-hydrogen) atoms. The maximum Gasteiger partial charge on any atom is 0.300 e. The predicted molar refractivity (Wildman–Crippen MR) is 129 cm³/mol. The van der Waals surface area contributed by atoms with Crippen molar-refractivity contribution in [3.8, 4) is 11.5 Å². The fourth-order valence-electron chi connectivity index (χ4n) is 4.08. The molecule has 174 valence electrons. The number of Topliss-reactive ketones (excluding diaryl/α,β-unsaturated/α-hetero) is 1. The van der Waals surface area contributed by atoms with Gasteiger partial charge in [0.1, 0.15) is 23.3 Å². The number of hydrogen-bond donors (Lipinski definition) is 1. The number of carbonyl (C=O) groups excluding carboxylic acids is 2. The van der Waals surface area contributed by atoms with E-state index in [1.807, 2.05) is 20.8 Å². The van der Waals surface area contributed by atoms with Crippen LogP contribution in [0, 0.1) is 6.92 Å². The molecular weight excluding hydrogens is 432 g/mol. The molecule has 4 rings (SSSR count). The molecule has 0 bridgehead atoms. The van der Waals surface area contributed by atoms with Crippen LogP contribution in [0.15, 0.2) is 72.4 Å². The van der Waals surface area contributed by atoms with Crippen LogP contribution in [0.3, 0.4) is 0 Å². The van der Waals surface area contributed by atoms with Gasteiger partial charge in [-0.05, 0) is 68.8 Å². The molecule has 2 aromatic carbocycles. The van der Waals surface area contributed by atoms with E-state index in [0.717, 1.165) is 5.56 Å². The van der Waals surface area contributed by atoms with Crippen molar-refractivity contribution < 1.29 is 24.2 Å². The van der Waals surface area contributed by atoms with Gasteiger partial charge in [0.25, 0.3) is 11.7 Å². The number of amides is 1. The molecular formula is C27H26N2O5. The van der Waals surface area contributed by atoms with Crippen LogP contribution in [-0.4, -0.2) is 35.0 Å². The van der Waals surface area contributed by atoms with Gasteiger partial charge in [0.05, 0.1) is 24.5 Å². The molecule has 1 fully saturated rings. The summed E-state index contributed by atoms with van der Waals surface area (Å²) in [6.45, 7) is 6.59. The topological polar surface area (TPSA) is 89.0 Å². The van der Waals surface area contributed by atoms with E-state index in [9.17, 15) is 14.7 Å². The summed E-state index contributed by atoms with van der Waals surface area (Å²) >= 11 is 0. The van der Waals surface area contributed by atoms with E-state index in [1.165, 1.54) is 4.90 Å². The van der Waals surface area contributed by atoms with Crippen LogP contribution in [0.4, 0.5) is 5.69 Å². The van der Waals surface area contributed by atoms with Crippen molar-refractivity contribution in [1.29, 1.82) is 0 Å². The number of rotatable bonds is 7. The lowest BCUT2D eigenvalue weighted by Gasteiger charge is -2.25. The molecule has 0 saturated carbocycles. The van der Waals surface area contributed by atoms with E-state index in [1.54, 1.807) is 66.9 Å². The Balaban J connectivity index is 1.88. The molecule has 3 aromatic rings. The first-order valence-electron chi connectivity index (χ1n) is 11.1. The van der Waals surface area contributed by atoms with Crippen LogP contribution >= 0.6 is 0 Å². The lowest BCUT2D eigenvalue weighted by Crippen LogP contribution is -2.29. The number of aryl methyl sites for hydroxylation is 1. The zero-order valence-electron chi connectivity index (χ0n) is 19.3. The highest BCUT2D eigenvalue weighted by Gasteiger charge is 2.47. The Morgan fingerprint density at radius 3 is 2.47 bits per heavy atom. The summed E-state index contributed by atoms with van der Waals surface area (Å²) in [6.07, 6.45) is 1.59. The summed E-state index contributed by atoms with van der Waals surface area (Å²) < 4.78 is 11.2. The number of nitrogens with zero attached hydrogens (tertiary/aromatic N) is 2. The molecule has 0 radical (unpaired) electrons. The smallest absolute Gasteiger partial charge is 0.300 e. The third-order valence-electron chi connectivity index (χ3n) is 5.57. The second-order valence-electron chi connectivity index (χ2n) is 7.77. The standard InChI is InChI=1S/C27H26N2O5/c1-4-33-20-10-8-9-19(16-20)29-24(21-11-6-7-14-28-21)23(26(31)27(29)32)25(30)18-12-13-22(34-5-2)17(3)15-18/h6-16,24,30H,4-5H2,1-3H3/b25-23+. The minimum absolute atomic E-state index is 0.0194. The summed E-state index contributed by atoms with van der Waals surface area (Å²) in [7, 11) is 0. The molecule has 7 heteroatoms. The third-order valence-corrected chi connectivity index (χ3v) is 5.57. The lowest BCUT2D eigenvalue weighted by atomic mass is 9.97. The summed E-state index contributed by atoms with van der Waals surface area (Å²) in [6, 6.07) is 16.5. The Morgan fingerprint density at radius 1 is 1.00 bits per heavy atom. The number of ether oxygens (including phenoxy) is 2. The molecule has 0 aliphatic carbocycles. The highest BCUT2D eigenvalue weighted by molar-refractivity contribution is 6.51. The van der Waals surface area contributed by atoms with Crippen LogP contribution in [0.25, 0.3) is 5.76 Å². The van der Waals surface area contributed by atoms with Crippen molar-refractivity contribution in [2.24, 2.45) is 0 Å². The second kappa shape index (κ2) is 9.79. The molecule has 1 atom stereocenters. The Hall–Kier alpha value is -4.13. The van der Waals surface area contributed by atoms with Gasteiger partial charge < -0.3 is 14.6 Å². The maximum atomic E-state index is 13.3. The summed E-state index contributed by atoms with van der Waals surface area (Å²) in [5.41, 5.74) is 2.15. The van der Waals surface area contributed by atoms with Crippen molar-refractivity contribution in [3.63, 3.8) is 0 Å². The van der Waals surface area contributed by atoms with E-state index < -0.39 is 17.7 Å². The van der Waals surface area contributed by atoms with Gasteiger partial charge in [-0.1, -0.05) is 12.1 Å². The van der Waals surface area contributed by atoms with E-state index in [4.69, 9.17) is 9.47 Å². The van der Waals surface area contributed by atoms with Gasteiger partial charge in [-0.3, -0.25) is 19.5 Å². The largest absolute Gasteiger partial charge is 0.507 e. The van der Waals surface area contributed by atoms with Gasteiger partial charge in [0, 0.05) is 23.5 Å². The fraction of sp³-hybridized carbons (Fsp3) is 0.222. The highest BCUT2D eigenvalue weighted by Crippen LogP contribution is 2.42. The number of carbonyl (C=O) groups is 2. The normalized spacial score (nSPS) is 17.1. The minimum atomic E-state index is -0.898. The molecule has 1 unspecified atom stereocenters. The number of benzene rings is 2. The molecule has 1 N–H and O–H groups in total. The number of aliphatic hydroxyl groups excluding tert-OH is 1. The SMILES string of the molecule is CCOc1cccc(N2C(=O)C(=O)/C(=C(/O)c3ccc(OCC)c(C)c3)C2c2ccccn2)c1. The van der Waals surface area contributed by atoms with Gasteiger partial charge >= 0.3 is 0 Å². The number of aromatic nitrogens is 1. The van der Waals surface area contributed by atoms with Crippen LogP contribution < -0.4 is 14.4 Å². The molecule has 1 aliphatic rings. The molecule has 0 spiro atoms. The van der Waals surface area contributed by atoms with Crippen LogP contribution in [0.5, 0.6) is 11.5 Å². The minimum Gasteiger partial charge on any atom is -0.507 e. The summed E-state index contributed by atoms with van der Waals surface area (Å²) in [5, 5.41) is 11.3. The van der Waals surface area contributed by atoms with Crippen molar-refractivity contribution >= 4 is 23.1 Å². The van der Waals surface area contributed by atoms with Gasteiger partial charge in [0.15, 0.2) is 0 Å². The first-order valence-corrected chi connectivity index (χ1v) is 11.1. The number of anilines is 1. The number of pyridine rings is 1.